The van der Waals surface area contributed by atoms with Crippen molar-refractivity contribution in [2.24, 2.45) is 5.41 Å². The summed E-state index contributed by atoms with van der Waals surface area (Å²) in [5, 5.41) is 10.1. The molecule has 1 aliphatic carbocycles. The van der Waals surface area contributed by atoms with Crippen molar-refractivity contribution < 1.29 is 4.79 Å². The molecule has 0 radical (unpaired) electrons. The van der Waals surface area contributed by atoms with Crippen LogP contribution in [0.15, 0.2) is 18.3 Å². The molecule has 0 N–H and O–H groups in total. The Morgan fingerprint density at radius 2 is 1.95 bits per heavy atom. The van der Waals surface area contributed by atoms with Crippen LogP contribution in [0.3, 0.4) is 0 Å². The molecule has 22 heavy (non-hydrogen) atoms. The number of rotatable bonds is 2. The Labute approximate surface area is 135 Å². The normalized spacial score (nSPS) is 20.7. The number of amides is 1. The van der Waals surface area contributed by atoms with Crippen LogP contribution >= 0.6 is 11.6 Å². The number of piperazine rings is 1. The van der Waals surface area contributed by atoms with Crippen molar-refractivity contribution >= 4 is 23.3 Å². The van der Waals surface area contributed by atoms with Crippen LogP contribution in [0.25, 0.3) is 0 Å². The lowest BCUT2D eigenvalue weighted by atomic mass is 9.86. The molecule has 1 saturated heterocycles. The van der Waals surface area contributed by atoms with Gasteiger partial charge in [0.05, 0.1) is 11.1 Å². The molecule has 6 heteroatoms. The van der Waals surface area contributed by atoms with Gasteiger partial charge in [-0.1, -0.05) is 24.4 Å². The maximum absolute atomic E-state index is 12.7. The summed E-state index contributed by atoms with van der Waals surface area (Å²) in [5.41, 5.74) is -0.773. The number of hydrogen-bond donors (Lipinski definition) is 0. The maximum atomic E-state index is 12.7. The van der Waals surface area contributed by atoms with Crippen LogP contribution in [-0.4, -0.2) is 42.0 Å². The van der Waals surface area contributed by atoms with Gasteiger partial charge in [-0.25, -0.2) is 4.98 Å². The second kappa shape index (κ2) is 6.13. The molecule has 1 saturated carbocycles. The van der Waals surface area contributed by atoms with E-state index in [1.807, 2.05) is 17.0 Å². The van der Waals surface area contributed by atoms with Crippen LogP contribution in [0.2, 0.25) is 5.02 Å². The van der Waals surface area contributed by atoms with E-state index in [1.54, 1.807) is 6.20 Å². The Bertz CT molecular complexity index is 598. The van der Waals surface area contributed by atoms with Gasteiger partial charge in [-0.15, -0.1) is 0 Å². The minimum absolute atomic E-state index is 0.0132. The highest BCUT2D eigenvalue weighted by atomic mass is 35.5. The van der Waals surface area contributed by atoms with Gasteiger partial charge < -0.3 is 9.80 Å². The van der Waals surface area contributed by atoms with E-state index < -0.39 is 5.41 Å². The van der Waals surface area contributed by atoms with E-state index in [0.717, 1.165) is 18.7 Å². The molecule has 116 valence electrons. The number of nitriles is 1. The summed E-state index contributed by atoms with van der Waals surface area (Å²) in [4.78, 5) is 21.0. The van der Waals surface area contributed by atoms with Gasteiger partial charge in [-0.2, -0.15) is 5.26 Å². The van der Waals surface area contributed by atoms with Gasteiger partial charge in [0.1, 0.15) is 11.2 Å². The van der Waals surface area contributed by atoms with Gasteiger partial charge >= 0.3 is 0 Å². The number of nitrogens with zero attached hydrogens (tertiary/aromatic N) is 4. The predicted octanol–water partition coefficient (Wildman–Crippen LogP) is 2.47. The molecule has 2 aliphatic rings. The van der Waals surface area contributed by atoms with Crippen LogP contribution < -0.4 is 4.90 Å². The zero-order valence-corrected chi connectivity index (χ0v) is 13.2. The largest absolute Gasteiger partial charge is 0.352 e. The van der Waals surface area contributed by atoms with E-state index in [4.69, 9.17) is 11.6 Å². The van der Waals surface area contributed by atoms with Crippen molar-refractivity contribution in [3.63, 3.8) is 0 Å². The first-order chi connectivity index (χ1) is 10.7. The average Bonchev–Trinajstić information content (AvgIpc) is 3.05. The third-order valence-corrected chi connectivity index (χ3v) is 4.98. The molecular weight excluding hydrogens is 300 g/mol. The number of carbonyl (C=O) groups excluding carboxylic acids is 1. The van der Waals surface area contributed by atoms with E-state index in [0.29, 0.717) is 44.0 Å². The van der Waals surface area contributed by atoms with Crippen LogP contribution in [-0.2, 0) is 4.79 Å². The molecule has 1 amide bonds. The minimum Gasteiger partial charge on any atom is -0.352 e. The fraction of sp³-hybridized carbons (Fsp3) is 0.562. The number of pyridine rings is 1. The fourth-order valence-electron chi connectivity index (χ4n) is 3.39. The van der Waals surface area contributed by atoms with Crippen molar-refractivity contribution in [2.45, 2.75) is 25.7 Å². The third kappa shape index (κ3) is 2.64. The monoisotopic (exact) mass is 318 g/mol. The Balaban J connectivity index is 1.66. The SMILES string of the molecule is N#CC1(C(=O)N2CCN(c3ncccc3Cl)CC2)CCCC1. The zero-order chi connectivity index (χ0) is 15.6. The summed E-state index contributed by atoms with van der Waals surface area (Å²) in [6.07, 6.45) is 5.08. The quantitative estimate of drug-likeness (QED) is 0.840. The standard InChI is InChI=1S/C16H19ClN4O/c17-13-4-3-7-19-14(13)20-8-10-21(11-9-20)15(22)16(12-18)5-1-2-6-16/h3-4,7H,1-2,5-6,8-11H2. The first-order valence-corrected chi connectivity index (χ1v) is 8.10. The van der Waals surface area contributed by atoms with Gasteiger partial charge in [0, 0.05) is 32.4 Å². The number of anilines is 1. The predicted molar refractivity (Wildman–Crippen MR) is 84.6 cm³/mol. The average molecular weight is 319 g/mol. The molecule has 0 atom stereocenters. The fourth-order valence-corrected chi connectivity index (χ4v) is 3.63. The lowest BCUT2D eigenvalue weighted by molar-refractivity contribution is -0.139. The van der Waals surface area contributed by atoms with Gasteiger partial charge in [0.25, 0.3) is 0 Å². The molecule has 0 aromatic carbocycles. The van der Waals surface area contributed by atoms with E-state index in [-0.39, 0.29) is 5.91 Å². The van der Waals surface area contributed by atoms with Crippen molar-refractivity contribution in [3.8, 4) is 6.07 Å². The number of halogens is 1. The summed E-state index contributed by atoms with van der Waals surface area (Å²) in [7, 11) is 0. The van der Waals surface area contributed by atoms with Crippen LogP contribution in [0.1, 0.15) is 25.7 Å². The molecule has 1 aromatic rings. The van der Waals surface area contributed by atoms with Gasteiger partial charge in [0.2, 0.25) is 5.91 Å². The van der Waals surface area contributed by atoms with E-state index in [2.05, 4.69) is 16.0 Å². The van der Waals surface area contributed by atoms with Crippen molar-refractivity contribution in [1.82, 2.24) is 9.88 Å². The van der Waals surface area contributed by atoms with E-state index in [1.165, 1.54) is 0 Å². The number of hydrogen-bond acceptors (Lipinski definition) is 4. The number of carbonyl (C=O) groups is 1. The van der Waals surface area contributed by atoms with Crippen molar-refractivity contribution in [1.29, 1.82) is 5.26 Å². The van der Waals surface area contributed by atoms with Crippen LogP contribution in [0.5, 0.6) is 0 Å². The lowest BCUT2D eigenvalue weighted by Gasteiger charge is -2.38. The highest BCUT2D eigenvalue weighted by Gasteiger charge is 2.44. The summed E-state index contributed by atoms with van der Waals surface area (Å²) >= 11 is 6.18. The molecule has 2 fully saturated rings. The molecule has 0 spiro atoms. The smallest absolute Gasteiger partial charge is 0.243 e. The van der Waals surface area contributed by atoms with Crippen LogP contribution in [0.4, 0.5) is 5.82 Å². The molecule has 3 rings (SSSR count). The molecule has 1 aliphatic heterocycles. The van der Waals surface area contributed by atoms with Crippen molar-refractivity contribution in [2.75, 3.05) is 31.1 Å². The summed E-state index contributed by atoms with van der Waals surface area (Å²) in [6, 6.07) is 5.92. The molecule has 0 unspecified atom stereocenters. The van der Waals surface area contributed by atoms with Crippen molar-refractivity contribution in [3.05, 3.63) is 23.4 Å². The van der Waals surface area contributed by atoms with E-state index >= 15 is 0 Å². The molecule has 2 heterocycles. The number of aromatic nitrogens is 1. The summed E-state index contributed by atoms with van der Waals surface area (Å²) in [5.74, 6) is 0.784. The second-order valence-electron chi connectivity index (χ2n) is 5.99. The molecule has 5 nitrogen and oxygen atoms in total. The zero-order valence-electron chi connectivity index (χ0n) is 12.5. The lowest BCUT2D eigenvalue weighted by Crippen LogP contribution is -2.52. The Kier molecular flexibility index (Phi) is 4.21. The second-order valence-corrected chi connectivity index (χ2v) is 6.40. The summed E-state index contributed by atoms with van der Waals surface area (Å²) < 4.78 is 0. The topological polar surface area (TPSA) is 60.2 Å². The first kappa shape index (κ1) is 15.1. The maximum Gasteiger partial charge on any atom is 0.243 e. The van der Waals surface area contributed by atoms with E-state index in [9.17, 15) is 10.1 Å². The highest BCUT2D eigenvalue weighted by Crippen LogP contribution is 2.39. The third-order valence-electron chi connectivity index (χ3n) is 4.69. The van der Waals surface area contributed by atoms with Gasteiger partial charge in [-0.05, 0) is 25.0 Å². The molecule has 1 aromatic heterocycles. The Morgan fingerprint density at radius 1 is 1.27 bits per heavy atom. The van der Waals surface area contributed by atoms with Gasteiger partial charge in [0.15, 0.2) is 0 Å². The Hall–Kier alpha value is -1.80. The molecular formula is C16H19ClN4O. The molecule has 0 bridgehead atoms. The minimum atomic E-state index is -0.773. The Morgan fingerprint density at radius 3 is 2.55 bits per heavy atom. The van der Waals surface area contributed by atoms with Crippen LogP contribution in [0, 0.1) is 16.7 Å². The first-order valence-electron chi connectivity index (χ1n) is 7.72. The van der Waals surface area contributed by atoms with Gasteiger partial charge in [-0.3, -0.25) is 4.79 Å². The highest BCUT2D eigenvalue weighted by molar-refractivity contribution is 6.32. The summed E-state index contributed by atoms with van der Waals surface area (Å²) in [6.45, 7) is 2.64.